The Hall–Kier alpha value is -2.36. The van der Waals surface area contributed by atoms with Crippen molar-refractivity contribution in [2.45, 2.75) is 45.4 Å². The van der Waals surface area contributed by atoms with E-state index in [1.165, 1.54) is 31.3 Å². The van der Waals surface area contributed by atoms with Gasteiger partial charge in [0.05, 0.1) is 20.6 Å². The van der Waals surface area contributed by atoms with Gasteiger partial charge in [-0.3, -0.25) is 4.79 Å². The second kappa shape index (κ2) is 9.03. The van der Waals surface area contributed by atoms with Gasteiger partial charge in [-0.25, -0.2) is 4.58 Å². The number of benzene rings is 1. The van der Waals surface area contributed by atoms with Crippen LogP contribution in [0.1, 0.15) is 54.9 Å². The lowest BCUT2D eigenvalue weighted by Gasteiger charge is -2.09. The number of ketones is 1. The highest BCUT2D eigenvalue weighted by molar-refractivity contribution is 6.04. The average Bonchev–Trinajstić information content (AvgIpc) is 3.00. The normalized spacial score (nSPS) is 20.0. The van der Waals surface area contributed by atoms with E-state index in [0.717, 1.165) is 30.5 Å². The lowest BCUT2D eigenvalue weighted by Crippen LogP contribution is -2.13. The highest BCUT2D eigenvalue weighted by Crippen LogP contribution is 2.37. The lowest BCUT2D eigenvalue weighted by atomic mass is 9.99. The zero-order chi connectivity index (χ0) is 19.2. The highest BCUT2D eigenvalue weighted by atomic mass is 16.5. The van der Waals surface area contributed by atoms with E-state index in [-0.39, 0.29) is 11.7 Å². The van der Waals surface area contributed by atoms with Crippen molar-refractivity contribution in [3.05, 3.63) is 47.2 Å². The van der Waals surface area contributed by atoms with Crippen LogP contribution in [0.15, 0.2) is 36.1 Å². The van der Waals surface area contributed by atoms with Gasteiger partial charge in [-0.05, 0) is 36.1 Å². The number of carbonyl (C=O) groups excluding carboxylic acids is 1. The van der Waals surface area contributed by atoms with E-state index in [2.05, 4.69) is 36.1 Å². The Morgan fingerprint density at radius 2 is 1.93 bits per heavy atom. The minimum atomic E-state index is -0.0963. The summed E-state index contributed by atoms with van der Waals surface area (Å²) in [5.74, 6) is 1.37. The standard InChI is InChI=1S/C23H30NO3/c1-4-5-6-7-10-24-11-8-17(9-12-24)13-19-14-18-15-21(26-2)22(27-3)16-20(18)23(19)25/h8,11-13,15-16,19H,4-7,9-10,14H2,1-3H3/q+1. The van der Waals surface area contributed by atoms with Crippen molar-refractivity contribution in [2.24, 2.45) is 5.92 Å². The maximum Gasteiger partial charge on any atom is 0.170 e. The zero-order valence-electron chi connectivity index (χ0n) is 16.7. The first-order valence-electron chi connectivity index (χ1n) is 9.93. The largest absolute Gasteiger partial charge is 0.493 e. The number of hydrogen-bond donors (Lipinski definition) is 0. The fourth-order valence-electron chi connectivity index (χ4n) is 3.80. The van der Waals surface area contributed by atoms with E-state index in [1.54, 1.807) is 14.2 Å². The number of methoxy groups -OCH3 is 2. The van der Waals surface area contributed by atoms with Crippen LogP contribution in [0.4, 0.5) is 0 Å². The van der Waals surface area contributed by atoms with Gasteiger partial charge in [0.2, 0.25) is 0 Å². The van der Waals surface area contributed by atoms with Crippen LogP contribution >= 0.6 is 0 Å². The number of Topliss-reactive ketones (excluding diaryl/α,β-unsaturated/α-hetero) is 1. The Kier molecular flexibility index (Phi) is 6.49. The summed E-state index contributed by atoms with van der Waals surface area (Å²) in [6.07, 6.45) is 15.4. The Morgan fingerprint density at radius 3 is 2.59 bits per heavy atom. The molecule has 27 heavy (non-hydrogen) atoms. The third-order valence-corrected chi connectivity index (χ3v) is 5.38. The molecule has 1 aromatic carbocycles. The molecule has 4 nitrogen and oxygen atoms in total. The molecule has 1 heterocycles. The summed E-state index contributed by atoms with van der Waals surface area (Å²) in [6.45, 7) is 3.32. The van der Waals surface area contributed by atoms with Gasteiger partial charge in [0.25, 0.3) is 0 Å². The molecule has 1 aliphatic heterocycles. The van der Waals surface area contributed by atoms with Gasteiger partial charge >= 0.3 is 0 Å². The second-order valence-electron chi connectivity index (χ2n) is 7.28. The molecule has 2 aliphatic rings. The van der Waals surface area contributed by atoms with Crippen LogP contribution in [-0.4, -0.2) is 37.3 Å². The summed E-state index contributed by atoms with van der Waals surface area (Å²) in [5.41, 5.74) is 3.02. The summed E-state index contributed by atoms with van der Waals surface area (Å²) < 4.78 is 13.0. The molecule has 4 heteroatoms. The van der Waals surface area contributed by atoms with Crippen molar-refractivity contribution >= 4 is 12.0 Å². The molecule has 144 valence electrons. The van der Waals surface area contributed by atoms with E-state index in [0.29, 0.717) is 11.5 Å². The van der Waals surface area contributed by atoms with E-state index >= 15 is 0 Å². The Balaban J connectivity index is 1.64. The first-order chi connectivity index (χ1) is 13.2. The molecule has 0 saturated carbocycles. The number of rotatable bonds is 8. The third-order valence-electron chi connectivity index (χ3n) is 5.38. The zero-order valence-corrected chi connectivity index (χ0v) is 16.7. The topological polar surface area (TPSA) is 38.5 Å². The maximum absolute atomic E-state index is 12.8. The van der Waals surface area contributed by atoms with Gasteiger partial charge in [0.15, 0.2) is 23.5 Å². The van der Waals surface area contributed by atoms with Crippen molar-refractivity contribution < 1.29 is 18.8 Å². The first kappa shape index (κ1) is 19.4. The van der Waals surface area contributed by atoms with Gasteiger partial charge in [0.1, 0.15) is 12.8 Å². The number of unbranched alkanes of at least 4 members (excludes halogenated alkanes) is 3. The summed E-state index contributed by atoms with van der Waals surface area (Å²) in [5, 5.41) is 0. The summed E-state index contributed by atoms with van der Waals surface area (Å²) in [4.78, 5) is 12.8. The Bertz CT molecular complexity index is 789. The molecule has 0 fully saturated rings. The van der Waals surface area contributed by atoms with Crippen LogP contribution in [0.3, 0.4) is 0 Å². The molecule has 0 bridgehead atoms. The lowest BCUT2D eigenvalue weighted by molar-refractivity contribution is -0.454. The molecule has 0 spiro atoms. The van der Waals surface area contributed by atoms with E-state index in [1.807, 2.05) is 12.1 Å². The summed E-state index contributed by atoms with van der Waals surface area (Å²) in [6, 6.07) is 3.75. The fourth-order valence-corrected chi connectivity index (χ4v) is 3.80. The van der Waals surface area contributed by atoms with E-state index < -0.39 is 0 Å². The predicted octanol–water partition coefficient (Wildman–Crippen LogP) is 4.57. The quantitative estimate of drug-likeness (QED) is 0.498. The predicted molar refractivity (Wildman–Crippen MR) is 108 cm³/mol. The van der Waals surface area contributed by atoms with E-state index in [4.69, 9.17) is 9.47 Å². The van der Waals surface area contributed by atoms with Crippen molar-refractivity contribution in [3.8, 4) is 11.5 Å². The van der Waals surface area contributed by atoms with Crippen LogP contribution in [0.2, 0.25) is 0 Å². The van der Waals surface area contributed by atoms with Gasteiger partial charge in [-0.2, -0.15) is 0 Å². The fraction of sp³-hybridized carbons (Fsp3) is 0.478. The number of carbonyl (C=O) groups is 1. The number of allylic oxidation sites excluding steroid dienone is 3. The van der Waals surface area contributed by atoms with Gasteiger partial charge < -0.3 is 9.47 Å². The molecule has 1 aliphatic carbocycles. The van der Waals surface area contributed by atoms with Crippen LogP contribution in [0.5, 0.6) is 11.5 Å². The van der Waals surface area contributed by atoms with Crippen molar-refractivity contribution in [3.63, 3.8) is 0 Å². The van der Waals surface area contributed by atoms with Crippen LogP contribution in [0.25, 0.3) is 0 Å². The Morgan fingerprint density at radius 1 is 1.15 bits per heavy atom. The molecule has 1 unspecified atom stereocenters. The molecule has 0 aromatic heterocycles. The van der Waals surface area contributed by atoms with Crippen molar-refractivity contribution in [2.75, 3.05) is 20.8 Å². The first-order valence-corrected chi connectivity index (χ1v) is 9.93. The highest BCUT2D eigenvalue weighted by Gasteiger charge is 2.31. The molecule has 0 radical (unpaired) electrons. The second-order valence-corrected chi connectivity index (χ2v) is 7.28. The molecule has 1 aromatic rings. The monoisotopic (exact) mass is 368 g/mol. The SMILES string of the molecule is CCCCCC[N+]1=CCC(=CC2Cc3cc(OC)c(OC)cc3C2=O)C=C1. The minimum Gasteiger partial charge on any atom is -0.493 e. The van der Waals surface area contributed by atoms with Crippen LogP contribution in [-0.2, 0) is 6.42 Å². The maximum atomic E-state index is 12.8. The number of fused-ring (bicyclic) bond motifs is 1. The van der Waals surface area contributed by atoms with Gasteiger partial charge in [0, 0.05) is 24.0 Å². The van der Waals surface area contributed by atoms with Crippen LogP contribution in [0, 0.1) is 5.92 Å². The van der Waals surface area contributed by atoms with Crippen molar-refractivity contribution in [1.29, 1.82) is 0 Å². The molecule has 1 atom stereocenters. The molecular weight excluding hydrogens is 338 g/mol. The van der Waals surface area contributed by atoms with Crippen molar-refractivity contribution in [1.82, 2.24) is 0 Å². The van der Waals surface area contributed by atoms with E-state index in [9.17, 15) is 4.79 Å². The average molecular weight is 368 g/mol. The number of ether oxygens (including phenoxy) is 2. The smallest absolute Gasteiger partial charge is 0.170 e. The molecular formula is C23H30NO3+. The van der Waals surface area contributed by atoms with Crippen LogP contribution < -0.4 is 9.47 Å². The molecule has 3 rings (SSSR count). The molecule has 0 saturated heterocycles. The minimum absolute atomic E-state index is 0.0963. The summed E-state index contributed by atoms with van der Waals surface area (Å²) in [7, 11) is 3.22. The summed E-state index contributed by atoms with van der Waals surface area (Å²) >= 11 is 0. The number of nitrogens with zero attached hydrogens (tertiary/aromatic N) is 1. The molecule has 0 N–H and O–H groups in total. The Labute approximate surface area is 162 Å². The third kappa shape index (κ3) is 4.49. The van der Waals surface area contributed by atoms with Gasteiger partial charge in [-0.15, -0.1) is 0 Å². The number of hydrogen-bond acceptors (Lipinski definition) is 3. The molecule has 0 amide bonds. The van der Waals surface area contributed by atoms with Gasteiger partial charge in [-0.1, -0.05) is 25.8 Å².